The molecule has 0 unspecified atom stereocenters. The highest BCUT2D eigenvalue weighted by Gasteiger charge is 2.48. The third kappa shape index (κ3) is 1.59. The van der Waals surface area contributed by atoms with Gasteiger partial charge in [-0.05, 0) is 43.9 Å². The van der Waals surface area contributed by atoms with Gasteiger partial charge in [-0.1, -0.05) is 6.42 Å². The van der Waals surface area contributed by atoms with Crippen LogP contribution in [0.15, 0.2) is 0 Å². The molecular formula is C12H21NO. The Kier molecular flexibility index (Phi) is 2.29. The molecule has 2 nitrogen and oxygen atoms in total. The van der Waals surface area contributed by atoms with Gasteiger partial charge in [0, 0.05) is 25.3 Å². The van der Waals surface area contributed by atoms with Crippen LogP contribution in [0.2, 0.25) is 0 Å². The zero-order valence-electron chi connectivity index (χ0n) is 8.93. The van der Waals surface area contributed by atoms with E-state index in [2.05, 4.69) is 5.32 Å². The third-order valence-electron chi connectivity index (χ3n) is 4.47. The summed E-state index contributed by atoms with van der Waals surface area (Å²) in [6, 6.07) is 1.60. The molecule has 1 aliphatic heterocycles. The molecule has 3 aliphatic rings. The smallest absolute Gasteiger partial charge is 0.0480 e. The van der Waals surface area contributed by atoms with Crippen LogP contribution in [0.1, 0.15) is 44.9 Å². The Morgan fingerprint density at radius 3 is 2.29 bits per heavy atom. The van der Waals surface area contributed by atoms with Crippen molar-refractivity contribution in [2.45, 2.75) is 57.0 Å². The fraction of sp³-hybridized carbons (Fsp3) is 1.00. The zero-order valence-corrected chi connectivity index (χ0v) is 8.93. The van der Waals surface area contributed by atoms with Crippen molar-refractivity contribution in [2.75, 3.05) is 13.2 Å². The van der Waals surface area contributed by atoms with Crippen molar-refractivity contribution in [2.24, 2.45) is 5.41 Å². The summed E-state index contributed by atoms with van der Waals surface area (Å²) in [5, 5.41) is 3.80. The fourth-order valence-corrected chi connectivity index (χ4v) is 3.39. The molecule has 1 spiro atoms. The molecule has 1 N–H and O–H groups in total. The van der Waals surface area contributed by atoms with Crippen molar-refractivity contribution >= 4 is 0 Å². The maximum Gasteiger partial charge on any atom is 0.0480 e. The Morgan fingerprint density at radius 2 is 1.71 bits per heavy atom. The van der Waals surface area contributed by atoms with Crippen molar-refractivity contribution in [3.05, 3.63) is 0 Å². The van der Waals surface area contributed by atoms with Crippen molar-refractivity contribution in [3.8, 4) is 0 Å². The maximum atomic E-state index is 5.37. The second-order valence-electron chi connectivity index (χ2n) is 5.51. The van der Waals surface area contributed by atoms with E-state index in [0.717, 1.165) is 30.7 Å². The maximum absolute atomic E-state index is 5.37. The van der Waals surface area contributed by atoms with Gasteiger partial charge >= 0.3 is 0 Å². The van der Waals surface area contributed by atoms with Gasteiger partial charge in [0.1, 0.15) is 0 Å². The van der Waals surface area contributed by atoms with Crippen LogP contribution in [0, 0.1) is 5.41 Å². The minimum absolute atomic E-state index is 0.756. The third-order valence-corrected chi connectivity index (χ3v) is 4.47. The molecule has 14 heavy (non-hydrogen) atoms. The molecule has 1 saturated heterocycles. The first-order valence-corrected chi connectivity index (χ1v) is 6.20. The van der Waals surface area contributed by atoms with Crippen molar-refractivity contribution in [1.82, 2.24) is 5.32 Å². The van der Waals surface area contributed by atoms with Crippen molar-refractivity contribution in [3.63, 3.8) is 0 Å². The molecule has 3 rings (SSSR count). The highest BCUT2D eigenvalue weighted by molar-refractivity contribution is 5.02. The topological polar surface area (TPSA) is 21.3 Å². The summed E-state index contributed by atoms with van der Waals surface area (Å²) in [5.41, 5.74) is 0.822. The molecule has 0 aromatic carbocycles. The summed E-state index contributed by atoms with van der Waals surface area (Å²) in [5.74, 6) is 0. The van der Waals surface area contributed by atoms with Crippen LogP contribution in [0.5, 0.6) is 0 Å². The quantitative estimate of drug-likeness (QED) is 0.728. The summed E-state index contributed by atoms with van der Waals surface area (Å²) < 4.78 is 5.37. The summed E-state index contributed by atoms with van der Waals surface area (Å²) in [6.45, 7) is 1.94. The lowest BCUT2D eigenvalue weighted by atomic mass is 9.54. The first-order valence-electron chi connectivity index (χ1n) is 6.20. The van der Waals surface area contributed by atoms with Gasteiger partial charge in [0.25, 0.3) is 0 Å². The molecule has 0 aromatic heterocycles. The highest BCUT2D eigenvalue weighted by atomic mass is 16.5. The molecule has 0 aromatic rings. The van der Waals surface area contributed by atoms with Crippen LogP contribution in [0.4, 0.5) is 0 Å². The van der Waals surface area contributed by atoms with E-state index in [1.54, 1.807) is 0 Å². The molecule has 3 fully saturated rings. The lowest BCUT2D eigenvalue weighted by Crippen LogP contribution is -2.55. The Morgan fingerprint density at radius 1 is 1.00 bits per heavy atom. The summed E-state index contributed by atoms with van der Waals surface area (Å²) in [6.07, 6.45) is 9.89. The Hall–Kier alpha value is -0.0800. The van der Waals surface area contributed by atoms with E-state index in [-0.39, 0.29) is 0 Å². The van der Waals surface area contributed by atoms with E-state index < -0.39 is 0 Å². The number of rotatable bonds is 2. The Labute approximate surface area is 86.4 Å². The first-order chi connectivity index (χ1) is 6.86. The molecule has 0 amide bonds. The molecule has 2 saturated carbocycles. The number of ether oxygens (including phenoxy) is 1. The predicted octanol–water partition coefficient (Wildman–Crippen LogP) is 2.09. The van der Waals surface area contributed by atoms with Gasteiger partial charge in [0.2, 0.25) is 0 Å². The lowest BCUT2D eigenvalue weighted by Gasteiger charge is -2.55. The summed E-state index contributed by atoms with van der Waals surface area (Å²) in [7, 11) is 0. The normalized spacial score (nSPS) is 32.6. The first kappa shape index (κ1) is 9.17. The Balaban J connectivity index is 1.41. The number of nitrogens with one attached hydrogen (secondary N) is 1. The second kappa shape index (κ2) is 3.49. The summed E-state index contributed by atoms with van der Waals surface area (Å²) in [4.78, 5) is 0. The van der Waals surface area contributed by atoms with E-state index in [4.69, 9.17) is 4.74 Å². The average molecular weight is 195 g/mol. The summed E-state index contributed by atoms with van der Waals surface area (Å²) >= 11 is 0. The van der Waals surface area contributed by atoms with Gasteiger partial charge in [-0.15, -0.1) is 0 Å². The minimum Gasteiger partial charge on any atom is -0.381 e. The molecule has 2 heteroatoms. The van der Waals surface area contributed by atoms with Crippen LogP contribution in [-0.2, 0) is 4.74 Å². The van der Waals surface area contributed by atoms with Crippen LogP contribution in [0.3, 0.4) is 0 Å². The zero-order chi connectivity index (χ0) is 9.43. The van der Waals surface area contributed by atoms with E-state index in [1.165, 1.54) is 44.9 Å². The molecule has 0 atom stereocenters. The predicted molar refractivity (Wildman–Crippen MR) is 56.3 cm³/mol. The highest BCUT2D eigenvalue weighted by Crippen LogP contribution is 2.55. The minimum atomic E-state index is 0.756. The number of hydrogen-bond donors (Lipinski definition) is 1. The van der Waals surface area contributed by atoms with Gasteiger partial charge in [0.15, 0.2) is 0 Å². The largest absolute Gasteiger partial charge is 0.381 e. The van der Waals surface area contributed by atoms with E-state index >= 15 is 0 Å². The number of hydrogen-bond acceptors (Lipinski definition) is 2. The van der Waals surface area contributed by atoms with Gasteiger partial charge < -0.3 is 10.1 Å². The molecule has 80 valence electrons. The monoisotopic (exact) mass is 195 g/mol. The molecule has 2 aliphatic carbocycles. The van der Waals surface area contributed by atoms with Crippen LogP contribution < -0.4 is 5.32 Å². The molecule has 1 heterocycles. The standard InChI is InChI=1S/C12H21NO/c1-4-12(5-1)8-11(9-12)13-10-2-6-14-7-3-10/h10-11,13H,1-9H2. The van der Waals surface area contributed by atoms with Gasteiger partial charge in [0.05, 0.1) is 0 Å². The molecular weight excluding hydrogens is 174 g/mol. The van der Waals surface area contributed by atoms with Crippen molar-refractivity contribution in [1.29, 1.82) is 0 Å². The van der Waals surface area contributed by atoms with Gasteiger partial charge in [-0.25, -0.2) is 0 Å². The SMILES string of the molecule is C1CC2(C1)CC(NC1CCOCC1)C2. The van der Waals surface area contributed by atoms with Crippen molar-refractivity contribution < 1.29 is 4.74 Å². The fourth-order valence-electron chi connectivity index (χ4n) is 3.39. The molecule has 0 radical (unpaired) electrons. The van der Waals surface area contributed by atoms with E-state index in [0.29, 0.717) is 0 Å². The van der Waals surface area contributed by atoms with Crippen LogP contribution in [0.25, 0.3) is 0 Å². The average Bonchev–Trinajstić information content (AvgIpc) is 2.09. The van der Waals surface area contributed by atoms with Crippen LogP contribution >= 0.6 is 0 Å². The lowest BCUT2D eigenvalue weighted by molar-refractivity contribution is -0.0144. The second-order valence-corrected chi connectivity index (χ2v) is 5.51. The van der Waals surface area contributed by atoms with E-state index in [9.17, 15) is 0 Å². The van der Waals surface area contributed by atoms with E-state index in [1.807, 2.05) is 0 Å². The molecule has 0 bridgehead atoms. The van der Waals surface area contributed by atoms with Gasteiger partial charge in [-0.3, -0.25) is 0 Å². The van der Waals surface area contributed by atoms with Crippen LogP contribution in [-0.4, -0.2) is 25.3 Å². The Bertz CT molecular complexity index is 198. The van der Waals surface area contributed by atoms with Gasteiger partial charge in [-0.2, -0.15) is 0 Å².